The molecular weight excluding hydrogens is 459 g/mol. The zero-order chi connectivity index (χ0) is 24.3. The summed E-state index contributed by atoms with van der Waals surface area (Å²) in [7, 11) is 1.67. The Morgan fingerprint density at radius 2 is 1.94 bits per heavy atom. The first kappa shape index (κ1) is 25.1. The summed E-state index contributed by atoms with van der Waals surface area (Å²) in [6.45, 7) is 2.78. The number of rotatable bonds is 11. The number of anilines is 1. The van der Waals surface area contributed by atoms with E-state index < -0.39 is 12.1 Å². The van der Waals surface area contributed by atoms with E-state index in [0.29, 0.717) is 23.0 Å². The number of hydrogen-bond acceptors (Lipinski definition) is 6. The van der Waals surface area contributed by atoms with E-state index in [4.69, 9.17) is 9.47 Å². The summed E-state index contributed by atoms with van der Waals surface area (Å²) in [4.78, 5) is 30.5. The molecular formula is C24H27FN4O4S. The molecule has 180 valence electrons. The Kier molecular flexibility index (Phi) is 9.36. The van der Waals surface area contributed by atoms with E-state index in [1.54, 1.807) is 31.5 Å². The van der Waals surface area contributed by atoms with Gasteiger partial charge in [-0.1, -0.05) is 30.3 Å². The van der Waals surface area contributed by atoms with Gasteiger partial charge in [-0.3, -0.25) is 10.1 Å². The average Bonchev–Trinajstić information content (AvgIpc) is 3.27. The van der Waals surface area contributed by atoms with Crippen LogP contribution in [0.3, 0.4) is 0 Å². The van der Waals surface area contributed by atoms with Crippen molar-refractivity contribution < 1.29 is 23.5 Å². The summed E-state index contributed by atoms with van der Waals surface area (Å²) >= 11 is 1.25. The fraction of sp³-hybridized carbons (Fsp3) is 0.292. The molecule has 8 nitrogen and oxygen atoms in total. The van der Waals surface area contributed by atoms with Gasteiger partial charge in [-0.25, -0.2) is 14.2 Å². The van der Waals surface area contributed by atoms with Gasteiger partial charge in [0, 0.05) is 19.0 Å². The van der Waals surface area contributed by atoms with Crippen molar-refractivity contribution in [2.24, 2.45) is 0 Å². The molecule has 0 fully saturated rings. The van der Waals surface area contributed by atoms with Gasteiger partial charge in [-0.15, -0.1) is 11.3 Å². The lowest BCUT2D eigenvalue weighted by Gasteiger charge is -2.21. The minimum Gasteiger partial charge on any atom is -0.491 e. The van der Waals surface area contributed by atoms with Crippen molar-refractivity contribution in [1.82, 2.24) is 15.2 Å². The van der Waals surface area contributed by atoms with Crippen LogP contribution in [-0.4, -0.2) is 48.2 Å². The molecule has 0 saturated carbocycles. The normalized spacial score (nSPS) is 11.5. The number of carbonyl (C=O) groups is 2. The standard InChI is InChI=1S/C24H27FN4O4S/c1-17(32-11-12-33-21-9-4-3-5-10-21)22(30)29(2)15-20-16-34-24(27-20)28-23(31)26-14-18-7-6-8-19(25)13-18/h3-10,13,16-17H,11-12,14-15H2,1-2H3,(H2,26,27,28,31). The maximum absolute atomic E-state index is 13.2. The van der Waals surface area contributed by atoms with Crippen LogP contribution in [0.15, 0.2) is 60.0 Å². The molecule has 0 bridgehead atoms. The Hall–Kier alpha value is -3.50. The number of benzene rings is 2. The van der Waals surface area contributed by atoms with Crippen molar-refractivity contribution in [3.63, 3.8) is 0 Å². The van der Waals surface area contributed by atoms with Crippen LogP contribution in [0.2, 0.25) is 0 Å². The molecule has 0 saturated heterocycles. The fourth-order valence-electron chi connectivity index (χ4n) is 3.01. The second-order valence-electron chi connectivity index (χ2n) is 7.45. The fourth-order valence-corrected chi connectivity index (χ4v) is 3.71. The number of thiazole rings is 1. The van der Waals surface area contributed by atoms with Crippen molar-refractivity contribution in [2.75, 3.05) is 25.6 Å². The summed E-state index contributed by atoms with van der Waals surface area (Å²) in [6, 6.07) is 14.9. The van der Waals surface area contributed by atoms with Gasteiger partial charge < -0.3 is 19.7 Å². The molecule has 3 rings (SSSR count). The van der Waals surface area contributed by atoms with Crippen LogP contribution in [0.1, 0.15) is 18.2 Å². The lowest BCUT2D eigenvalue weighted by molar-refractivity contribution is -0.142. The molecule has 34 heavy (non-hydrogen) atoms. The van der Waals surface area contributed by atoms with E-state index in [2.05, 4.69) is 15.6 Å². The third-order valence-electron chi connectivity index (χ3n) is 4.70. The van der Waals surface area contributed by atoms with Gasteiger partial charge in [0.2, 0.25) is 0 Å². The Morgan fingerprint density at radius 3 is 2.71 bits per heavy atom. The van der Waals surface area contributed by atoms with Gasteiger partial charge in [0.25, 0.3) is 5.91 Å². The number of urea groups is 1. The molecule has 0 radical (unpaired) electrons. The van der Waals surface area contributed by atoms with Crippen LogP contribution in [0.25, 0.3) is 0 Å². The lowest BCUT2D eigenvalue weighted by atomic mass is 10.2. The number of nitrogens with zero attached hydrogens (tertiary/aromatic N) is 2. The van der Waals surface area contributed by atoms with Crippen LogP contribution < -0.4 is 15.4 Å². The van der Waals surface area contributed by atoms with Gasteiger partial charge in [0.05, 0.1) is 18.8 Å². The highest BCUT2D eigenvalue weighted by atomic mass is 32.1. The maximum Gasteiger partial charge on any atom is 0.321 e. The van der Waals surface area contributed by atoms with Crippen LogP contribution in [0.5, 0.6) is 5.75 Å². The second-order valence-corrected chi connectivity index (χ2v) is 8.31. The predicted octanol–water partition coefficient (Wildman–Crippen LogP) is 4.05. The molecule has 1 aromatic heterocycles. The molecule has 0 aliphatic heterocycles. The predicted molar refractivity (Wildman–Crippen MR) is 128 cm³/mol. The molecule has 1 atom stereocenters. The number of ether oxygens (including phenoxy) is 2. The van der Waals surface area contributed by atoms with E-state index in [1.165, 1.54) is 28.4 Å². The Labute approximate surface area is 201 Å². The van der Waals surface area contributed by atoms with E-state index in [1.807, 2.05) is 30.3 Å². The average molecular weight is 487 g/mol. The molecule has 1 unspecified atom stereocenters. The van der Waals surface area contributed by atoms with Gasteiger partial charge in [-0.05, 0) is 36.8 Å². The zero-order valence-electron chi connectivity index (χ0n) is 19.0. The molecule has 0 spiro atoms. The number of aromatic nitrogens is 1. The van der Waals surface area contributed by atoms with Crippen LogP contribution in [0.4, 0.5) is 14.3 Å². The Bertz CT molecular complexity index is 1080. The van der Waals surface area contributed by atoms with Crippen molar-refractivity contribution in [3.8, 4) is 5.75 Å². The minimum absolute atomic E-state index is 0.185. The summed E-state index contributed by atoms with van der Waals surface area (Å²) in [5.74, 6) is 0.205. The third kappa shape index (κ3) is 8.13. The first-order valence-electron chi connectivity index (χ1n) is 10.7. The summed E-state index contributed by atoms with van der Waals surface area (Å²) in [5, 5.41) is 7.46. The molecule has 3 amide bonds. The molecule has 1 heterocycles. The largest absolute Gasteiger partial charge is 0.491 e. The molecule has 0 aliphatic rings. The van der Waals surface area contributed by atoms with Crippen molar-refractivity contribution in [3.05, 3.63) is 77.1 Å². The lowest BCUT2D eigenvalue weighted by Crippen LogP contribution is -2.36. The maximum atomic E-state index is 13.2. The minimum atomic E-state index is -0.630. The highest BCUT2D eigenvalue weighted by Crippen LogP contribution is 2.17. The Morgan fingerprint density at radius 1 is 1.15 bits per heavy atom. The highest BCUT2D eigenvalue weighted by Gasteiger charge is 2.19. The Balaban J connectivity index is 1.38. The number of nitrogens with one attached hydrogen (secondary N) is 2. The summed E-state index contributed by atoms with van der Waals surface area (Å²) in [5.41, 5.74) is 1.29. The molecule has 10 heteroatoms. The molecule has 0 aliphatic carbocycles. The number of para-hydroxylation sites is 1. The smallest absolute Gasteiger partial charge is 0.321 e. The molecule has 2 aromatic carbocycles. The molecule has 3 aromatic rings. The zero-order valence-corrected chi connectivity index (χ0v) is 19.8. The number of hydrogen-bond donors (Lipinski definition) is 2. The monoisotopic (exact) mass is 486 g/mol. The number of amides is 3. The highest BCUT2D eigenvalue weighted by molar-refractivity contribution is 7.13. The summed E-state index contributed by atoms with van der Waals surface area (Å²) in [6.07, 6.45) is -0.630. The molecule has 2 N–H and O–H groups in total. The van der Waals surface area contributed by atoms with E-state index in [0.717, 1.165) is 5.75 Å². The number of likely N-dealkylation sites (N-methyl/N-ethyl adjacent to an activating group) is 1. The topological polar surface area (TPSA) is 92.8 Å². The van der Waals surface area contributed by atoms with Gasteiger partial charge in [-0.2, -0.15) is 0 Å². The van der Waals surface area contributed by atoms with Gasteiger partial charge >= 0.3 is 6.03 Å². The van der Waals surface area contributed by atoms with Crippen LogP contribution in [-0.2, 0) is 22.6 Å². The van der Waals surface area contributed by atoms with Gasteiger partial charge in [0.1, 0.15) is 24.3 Å². The third-order valence-corrected chi connectivity index (χ3v) is 5.51. The number of halogens is 1. The van der Waals surface area contributed by atoms with Gasteiger partial charge in [0.15, 0.2) is 5.13 Å². The first-order valence-corrected chi connectivity index (χ1v) is 11.6. The number of carbonyl (C=O) groups excluding carboxylic acids is 2. The van der Waals surface area contributed by atoms with Crippen molar-refractivity contribution in [2.45, 2.75) is 26.1 Å². The second kappa shape index (κ2) is 12.7. The van der Waals surface area contributed by atoms with Crippen molar-refractivity contribution in [1.29, 1.82) is 0 Å². The van der Waals surface area contributed by atoms with Crippen molar-refractivity contribution >= 4 is 28.4 Å². The van der Waals surface area contributed by atoms with E-state index >= 15 is 0 Å². The van der Waals surface area contributed by atoms with Crippen LogP contribution in [0, 0.1) is 5.82 Å². The van der Waals surface area contributed by atoms with Crippen LogP contribution >= 0.6 is 11.3 Å². The SMILES string of the molecule is CC(OCCOc1ccccc1)C(=O)N(C)Cc1csc(NC(=O)NCc2cccc(F)c2)n1. The quantitative estimate of drug-likeness (QED) is 0.399. The summed E-state index contributed by atoms with van der Waals surface area (Å²) < 4.78 is 24.4. The van der Waals surface area contributed by atoms with E-state index in [9.17, 15) is 14.0 Å². The van der Waals surface area contributed by atoms with E-state index in [-0.39, 0.29) is 31.4 Å². The first-order chi connectivity index (χ1) is 16.4.